The van der Waals surface area contributed by atoms with Crippen LogP contribution in [0.3, 0.4) is 0 Å². The molecule has 0 unspecified atom stereocenters. The van der Waals surface area contributed by atoms with E-state index in [4.69, 9.17) is 20.5 Å². The second kappa shape index (κ2) is 5.23. The number of rotatable bonds is 3. The Morgan fingerprint density at radius 1 is 1.32 bits per heavy atom. The van der Waals surface area contributed by atoms with Gasteiger partial charge >= 0.3 is 0 Å². The second-order valence-electron chi connectivity index (χ2n) is 3.61. The van der Waals surface area contributed by atoms with Crippen LogP contribution < -0.4 is 15.2 Å². The van der Waals surface area contributed by atoms with Crippen LogP contribution in [0.2, 0.25) is 0 Å². The fourth-order valence-electron chi connectivity index (χ4n) is 1.42. The second-order valence-corrected chi connectivity index (χ2v) is 3.61. The summed E-state index contributed by atoms with van der Waals surface area (Å²) in [7, 11) is 1.42. The lowest BCUT2D eigenvalue weighted by atomic mass is 10.2. The van der Waals surface area contributed by atoms with Crippen LogP contribution in [-0.4, -0.2) is 12.1 Å². The van der Waals surface area contributed by atoms with Gasteiger partial charge in [0.25, 0.3) is 0 Å². The van der Waals surface area contributed by atoms with Crippen LogP contribution in [0.4, 0.5) is 10.1 Å². The van der Waals surface area contributed by atoms with E-state index in [0.717, 1.165) is 6.07 Å². The van der Waals surface area contributed by atoms with Crippen molar-refractivity contribution in [3.8, 4) is 23.6 Å². The number of ether oxygens (including phenoxy) is 2. The highest BCUT2D eigenvalue weighted by atomic mass is 19.1. The smallest absolute Gasteiger partial charge is 0.240 e. The Morgan fingerprint density at radius 3 is 2.74 bits per heavy atom. The molecular formula is C13H10FN3O2. The van der Waals surface area contributed by atoms with Gasteiger partial charge in [-0.25, -0.2) is 4.39 Å². The Morgan fingerprint density at radius 2 is 2.11 bits per heavy atom. The first kappa shape index (κ1) is 12.6. The average Bonchev–Trinajstić information content (AvgIpc) is 2.43. The number of anilines is 1. The SMILES string of the molecule is COc1nc(Oc2ccc(C#N)cc2F)ccc1N. The molecule has 6 heteroatoms. The third-order valence-electron chi connectivity index (χ3n) is 2.33. The number of hydrogen-bond donors (Lipinski definition) is 1. The summed E-state index contributed by atoms with van der Waals surface area (Å²) < 4.78 is 23.8. The summed E-state index contributed by atoms with van der Waals surface area (Å²) in [6, 6.07) is 8.77. The first-order valence-corrected chi connectivity index (χ1v) is 5.32. The van der Waals surface area contributed by atoms with Crippen LogP contribution >= 0.6 is 0 Å². The molecule has 0 spiro atoms. The van der Waals surface area contributed by atoms with E-state index in [0.29, 0.717) is 5.69 Å². The molecule has 1 aromatic carbocycles. The van der Waals surface area contributed by atoms with Gasteiger partial charge in [-0.1, -0.05) is 0 Å². The van der Waals surface area contributed by atoms with E-state index < -0.39 is 5.82 Å². The molecule has 0 amide bonds. The lowest BCUT2D eigenvalue weighted by molar-refractivity contribution is 0.380. The number of nitrogens with two attached hydrogens (primary N) is 1. The predicted octanol–water partition coefficient (Wildman–Crippen LogP) is 2.48. The number of nitrogens with zero attached hydrogens (tertiary/aromatic N) is 2. The molecule has 0 saturated heterocycles. The first-order chi connectivity index (χ1) is 9.13. The molecule has 2 rings (SSSR count). The molecule has 0 saturated carbocycles. The molecule has 1 heterocycles. The molecule has 0 fully saturated rings. The summed E-state index contributed by atoms with van der Waals surface area (Å²) in [6.45, 7) is 0. The molecule has 2 aromatic rings. The standard InChI is InChI=1S/C13H10FN3O2/c1-18-13-10(16)3-5-12(17-13)19-11-4-2-8(7-15)6-9(11)14/h2-6H,16H2,1H3. The highest BCUT2D eigenvalue weighted by Gasteiger charge is 2.09. The number of halogens is 1. The minimum Gasteiger partial charge on any atom is -0.479 e. The van der Waals surface area contributed by atoms with Gasteiger partial charge in [-0.05, 0) is 24.3 Å². The van der Waals surface area contributed by atoms with Gasteiger partial charge in [-0.3, -0.25) is 0 Å². The molecule has 0 bridgehead atoms. The van der Waals surface area contributed by atoms with Crippen molar-refractivity contribution in [2.45, 2.75) is 0 Å². The molecule has 19 heavy (non-hydrogen) atoms. The van der Waals surface area contributed by atoms with E-state index in [-0.39, 0.29) is 23.1 Å². The topological polar surface area (TPSA) is 81.2 Å². The Hall–Kier alpha value is -2.81. The zero-order valence-corrected chi connectivity index (χ0v) is 10.1. The minimum absolute atomic E-state index is 0.0293. The van der Waals surface area contributed by atoms with Crippen LogP contribution in [0, 0.1) is 17.1 Å². The number of pyridine rings is 1. The van der Waals surface area contributed by atoms with Crippen molar-refractivity contribution in [3.05, 3.63) is 41.7 Å². The molecule has 0 atom stereocenters. The molecule has 0 aliphatic carbocycles. The highest BCUT2D eigenvalue weighted by molar-refractivity contribution is 5.49. The molecule has 1 aromatic heterocycles. The maximum absolute atomic E-state index is 13.6. The van der Waals surface area contributed by atoms with Crippen molar-refractivity contribution in [1.82, 2.24) is 4.98 Å². The van der Waals surface area contributed by atoms with Gasteiger partial charge in [0, 0.05) is 6.07 Å². The van der Waals surface area contributed by atoms with Crippen LogP contribution in [-0.2, 0) is 0 Å². The van der Waals surface area contributed by atoms with Crippen LogP contribution in [0.1, 0.15) is 5.56 Å². The maximum Gasteiger partial charge on any atom is 0.240 e. The maximum atomic E-state index is 13.6. The summed E-state index contributed by atoms with van der Waals surface area (Å²) >= 11 is 0. The summed E-state index contributed by atoms with van der Waals surface area (Å²) in [6.07, 6.45) is 0. The molecule has 5 nitrogen and oxygen atoms in total. The fourth-order valence-corrected chi connectivity index (χ4v) is 1.42. The van der Waals surface area contributed by atoms with Crippen LogP contribution in [0.25, 0.3) is 0 Å². The van der Waals surface area contributed by atoms with Crippen LogP contribution in [0.5, 0.6) is 17.5 Å². The molecule has 0 aliphatic heterocycles. The van der Waals surface area contributed by atoms with E-state index in [2.05, 4.69) is 4.98 Å². The Labute approximate surface area is 109 Å². The lowest BCUT2D eigenvalue weighted by Crippen LogP contribution is -1.97. The molecule has 2 N–H and O–H groups in total. The van der Waals surface area contributed by atoms with Crippen molar-refractivity contribution in [3.63, 3.8) is 0 Å². The van der Waals surface area contributed by atoms with E-state index >= 15 is 0 Å². The van der Waals surface area contributed by atoms with Gasteiger partial charge in [0.2, 0.25) is 11.8 Å². The monoisotopic (exact) mass is 259 g/mol. The first-order valence-electron chi connectivity index (χ1n) is 5.32. The highest BCUT2D eigenvalue weighted by Crippen LogP contribution is 2.27. The molecular weight excluding hydrogens is 249 g/mol. The average molecular weight is 259 g/mol. The predicted molar refractivity (Wildman–Crippen MR) is 66.4 cm³/mol. The van der Waals surface area contributed by atoms with Gasteiger partial charge in [-0.2, -0.15) is 10.2 Å². The van der Waals surface area contributed by atoms with Gasteiger partial charge in [0.1, 0.15) is 0 Å². The molecule has 0 aliphatic rings. The third-order valence-corrected chi connectivity index (χ3v) is 2.33. The van der Waals surface area contributed by atoms with Crippen molar-refractivity contribution in [2.24, 2.45) is 0 Å². The van der Waals surface area contributed by atoms with Crippen molar-refractivity contribution < 1.29 is 13.9 Å². The van der Waals surface area contributed by atoms with Gasteiger partial charge in [0.15, 0.2) is 11.6 Å². The van der Waals surface area contributed by atoms with Crippen LogP contribution in [0.15, 0.2) is 30.3 Å². The van der Waals surface area contributed by atoms with Gasteiger partial charge in [-0.15, -0.1) is 0 Å². The lowest BCUT2D eigenvalue weighted by Gasteiger charge is -2.08. The van der Waals surface area contributed by atoms with E-state index in [9.17, 15) is 4.39 Å². The van der Waals surface area contributed by atoms with Crippen molar-refractivity contribution >= 4 is 5.69 Å². The Balaban J connectivity index is 2.29. The number of benzene rings is 1. The van der Waals surface area contributed by atoms with Crippen molar-refractivity contribution in [2.75, 3.05) is 12.8 Å². The summed E-state index contributed by atoms with van der Waals surface area (Å²) in [4.78, 5) is 3.97. The third kappa shape index (κ3) is 2.72. The number of nitrogen functional groups attached to an aromatic ring is 1. The zero-order valence-electron chi connectivity index (χ0n) is 10.1. The fraction of sp³-hybridized carbons (Fsp3) is 0.0769. The van der Waals surface area contributed by atoms with E-state index in [1.807, 2.05) is 6.07 Å². The number of hydrogen-bond acceptors (Lipinski definition) is 5. The number of nitriles is 1. The largest absolute Gasteiger partial charge is 0.479 e. The Kier molecular flexibility index (Phi) is 3.48. The summed E-state index contributed by atoms with van der Waals surface area (Å²) in [5.74, 6) is -0.323. The van der Waals surface area contributed by atoms with Crippen molar-refractivity contribution in [1.29, 1.82) is 5.26 Å². The molecule has 96 valence electrons. The number of aromatic nitrogens is 1. The normalized spacial score (nSPS) is 9.74. The zero-order chi connectivity index (χ0) is 13.8. The number of methoxy groups -OCH3 is 1. The molecule has 0 radical (unpaired) electrons. The Bertz CT molecular complexity index is 653. The quantitative estimate of drug-likeness (QED) is 0.915. The van der Waals surface area contributed by atoms with Gasteiger partial charge in [0.05, 0.1) is 24.4 Å². The summed E-state index contributed by atoms with van der Waals surface area (Å²) in [5.41, 5.74) is 6.18. The van der Waals surface area contributed by atoms with E-state index in [1.54, 1.807) is 6.07 Å². The minimum atomic E-state index is -0.642. The summed E-state index contributed by atoms with van der Waals surface area (Å²) in [5, 5.41) is 8.64. The van der Waals surface area contributed by atoms with Gasteiger partial charge < -0.3 is 15.2 Å². The van der Waals surface area contributed by atoms with E-state index in [1.165, 1.54) is 25.3 Å².